The number of halogens is 1. The lowest BCUT2D eigenvalue weighted by atomic mass is 9.91. The Morgan fingerprint density at radius 1 is 1.53 bits per heavy atom. The largest absolute Gasteiger partial charge is 0.257 e. The molecule has 7 heteroatoms. The van der Waals surface area contributed by atoms with Crippen LogP contribution in [0.4, 0.5) is 0 Å². The molecule has 0 saturated carbocycles. The Morgan fingerprint density at radius 2 is 2.18 bits per heavy atom. The van der Waals surface area contributed by atoms with E-state index in [2.05, 4.69) is 25.8 Å². The first-order valence-electron chi connectivity index (χ1n) is 5.32. The van der Waals surface area contributed by atoms with Gasteiger partial charge in [-0.05, 0) is 17.9 Å². The number of aryl methyl sites for hydroxylation is 1. The SMILES string of the molecule is Cn1nccc1S(=O)(=O)NCC(C)(C)CCBr. The van der Waals surface area contributed by atoms with Crippen LogP contribution in [0, 0.1) is 5.41 Å². The van der Waals surface area contributed by atoms with Gasteiger partial charge in [-0.25, -0.2) is 13.1 Å². The lowest BCUT2D eigenvalue weighted by Crippen LogP contribution is -2.35. The quantitative estimate of drug-likeness (QED) is 0.807. The summed E-state index contributed by atoms with van der Waals surface area (Å²) in [5.74, 6) is 0. The molecule has 0 aliphatic carbocycles. The summed E-state index contributed by atoms with van der Waals surface area (Å²) in [6, 6.07) is 1.49. The first kappa shape index (κ1) is 14.7. The van der Waals surface area contributed by atoms with E-state index in [9.17, 15) is 8.42 Å². The van der Waals surface area contributed by atoms with Crippen molar-refractivity contribution in [2.75, 3.05) is 11.9 Å². The third-order valence-corrected chi connectivity index (χ3v) is 4.44. The predicted molar refractivity (Wildman–Crippen MR) is 70.6 cm³/mol. The summed E-state index contributed by atoms with van der Waals surface area (Å²) in [7, 11) is -1.85. The number of aromatic nitrogens is 2. The molecule has 98 valence electrons. The van der Waals surface area contributed by atoms with Crippen LogP contribution in [0.2, 0.25) is 0 Å². The molecule has 1 aromatic heterocycles. The Morgan fingerprint density at radius 3 is 2.65 bits per heavy atom. The van der Waals surface area contributed by atoms with Gasteiger partial charge in [0.25, 0.3) is 10.0 Å². The molecule has 0 aliphatic heterocycles. The minimum absolute atomic E-state index is 0.0742. The first-order valence-corrected chi connectivity index (χ1v) is 7.93. The normalized spacial score (nSPS) is 12.9. The van der Waals surface area contributed by atoms with Crippen LogP contribution in [-0.4, -0.2) is 30.1 Å². The lowest BCUT2D eigenvalue weighted by Gasteiger charge is -2.23. The summed E-state index contributed by atoms with van der Waals surface area (Å²) < 4.78 is 27.9. The maximum absolute atomic E-state index is 12.0. The molecular weight excluding hydrogens is 306 g/mol. The first-order chi connectivity index (χ1) is 7.78. The molecule has 1 aromatic rings. The molecular formula is C10H18BrN3O2S. The number of hydrogen-bond donors (Lipinski definition) is 1. The van der Waals surface area contributed by atoms with E-state index in [0.717, 1.165) is 11.8 Å². The van der Waals surface area contributed by atoms with Gasteiger partial charge in [-0.1, -0.05) is 29.8 Å². The average Bonchev–Trinajstić information content (AvgIpc) is 2.63. The Balaban J connectivity index is 2.73. The molecule has 0 aromatic carbocycles. The molecule has 0 bridgehead atoms. The van der Waals surface area contributed by atoms with Gasteiger partial charge in [0.2, 0.25) is 0 Å². The Labute approximate surface area is 111 Å². The van der Waals surface area contributed by atoms with Crippen molar-refractivity contribution in [3.8, 4) is 0 Å². The van der Waals surface area contributed by atoms with E-state index in [0.29, 0.717) is 6.54 Å². The molecule has 0 amide bonds. The summed E-state index contributed by atoms with van der Waals surface area (Å²) in [5, 5.41) is 4.90. The molecule has 5 nitrogen and oxygen atoms in total. The number of hydrogen-bond acceptors (Lipinski definition) is 3. The third kappa shape index (κ3) is 4.08. The van der Waals surface area contributed by atoms with Crippen LogP contribution in [-0.2, 0) is 17.1 Å². The van der Waals surface area contributed by atoms with Gasteiger partial charge in [-0.3, -0.25) is 4.68 Å². The monoisotopic (exact) mass is 323 g/mol. The minimum Gasteiger partial charge on any atom is -0.256 e. The highest BCUT2D eigenvalue weighted by Gasteiger charge is 2.23. The second-order valence-electron chi connectivity index (χ2n) is 4.72. The van der Waals surface area contributed by atoms with Crippen LogP contribution >= 0.6 is 15.9 Å². The topological polar surface area (TPSA) is 64.0 Å². The highest BCUT2D eigenvalue weighted by atomic mass is 79.9. The highest BCUT2D eigenvalue weighted by molar-refractivity contribution is 9.09. The van der Waals surface area contributed by atoms with Gasteiger partial charge in [0, 0.05) is 18.9 Å². The second-order valence-corrected chi connectivity index (χ2v) is 7.23. The van der Waals surface area contributed by atoms with Crippen LogP contribution in [0.3, 0.4) is 0 Å². The van der Waals surface area contributed by atoms with Gasteiger partial charge in [0.05, 0.1) is 6.20 Å². The van der Waals surface area contributed by atoms with Crippen molar-refractivity contribution in [3.05, 3.63) is 12.3 Å². The summed E-state index contributed by atoms with van der Waals surface area (Å²) in [5.41, 5.74) is -0.0742. The predicted octanol–water partition coefficient (Wildman–Crippen LogP) is 1.51. The molecule has 1 rings (SSSR count). The molecule has 17 heavy (non-hydrogen) atoms. The summed E-state index contributed by atoms with van der Waals surface area (Å²) in [6.45, 7) is 4.46. The number of nitrogens with zero attached hydrogens (tertiary/aromatic N) is 2. The fourth-order valence-corrected chi connectivity index (χ4v) is 3.77. The van der Waals surface area contributed by atoms with Gasteiger partial charge in [-0.15, -0.1) is 0 Å². The van der Waals surface area contributed by atoms with E-state index < -0.39 is 10.0 Å². The molecule has 1 N–H and O–H groups in total. The maximum atomic E-state index is 12.0. The van der Waals surface area contributed by atoms with E-state index in [1.807, 2.05) is 13.8 Å². The fourth-order valence-electron chi connectivity index (χ4n) is 1.33. The third-order valence-electron chi connectivity index (χ3n) is 2.56. The van der Waals surface area contributed by atoms with Crippen molar-refractivity contribution >= 4 is 26.0 Å². The summed E-state index contributed by atoms with van der Waals surface area (Å²) in [6.07, 6.45) is 2.37. The van der Waals surface area contributed by atoms with Crippen molar-refractivity contribution in [1.29, 1.82) is 0 Å². The van der Waals surface area contributed by atoms with Crippen LogP contribution in [0.15, 0.2) is 17.3 Å². The number of rotatable bonds is 6. The van der Waals surface area contributed by atoms with Crippen LogP contribution in [0.1, 0.15) is 20.3 Å². The van der Waals surface area contributed by atoms with Gasteiger partial charge >= 0.3 is 0 Å². The maximum Gasteiger partial charge on any atom is 0.257 e. The number of nitrogens with one attached hydrogen (secondary N) is 1. The molecule has 0 saturated heterocycles. The van der Waals surface area contributed by atoms with Gasteiger partial charge in [0.1, 0.15) is 0 Å². The molecule has 0 fully saturated rings. The Hall–Kier alpha value is -0.400. The number of sulfonamides is 1. The fraction of sp³-hybridized carbons (Fsp3) is 0.700. The zero-order chi connectivity index (χ0) is 13.1. The standard InChI is InChI=1S/C10H18BrN3O2S/c1-10(2,5-6-11)8-13-17(15,16)9-4-7-12-14(9)3/h4,7,13H,5-6,8H2,1-3H3. The summed E-state index contributed by atoms with van der Waals surface area (Å²) >= 11 is 3.36. The molecule has 0 unspecified atom stereocenters. The average molecular weight is 324 g/mol. The Bertz CT molecular complexity index is 468. The second kappa shape index (κ2) is 5.49. The van der Waals surface area contributed by atoms with E-state index in [1.54, 1.807) is 7.05 Å². The van der Waals surface area contributed by atoms with Crippen molar-refractivity contribution in [2.24, 2.45) is 12.5 Å². The van der Waals surface area contributed by atoms with Crippen LogP contribution in [0.5, 0.6) is 0 Å². The molecule has 0 spiro atoms. The van der Waals surface area contributed by atoms with Crippen molar-refractivity contribution in [1.82, 2.24) is 14.5 Å². The van der Waals surface area contributed by atoms with E-state index in [4.69, 9.17) is 0 Å². The van der Waals surface area contributed by atoms with Crippen molar-refractivity contribution in [3.63, 3.8) is 0 Å². The highest BCUT2D eigenvalue weighted by Crippen LogP contribution is 2.21. The zero-order valence-electron chi connectivity index (χ0n) is 10.3. The molecule has 0 atom stereocenters. The molecule has 0 aliphatic rings. The lowest BCUT2D eigenvalue weighted by molar-refractivity contribution is 0.353. The van der Waals surface area contributed by atoms with Crippen molar-refractivity contribution in [2.45, 2.75) is 25.3 Å². The van der Waals surface area contributed by atoms with Crippen molar-refractivity contribution < 1.29 is 8.42 Å². The minimum atomic E-state index is -3.46. The summed E-state index contributed by atoms with van der Waals surface area (Å²) in [4.78, 5) is 0. The smallest absolute Gasteiger partial charge is 0.256 e. The van der Waals surface area contributed by atoms with Crippen LogP contribution < -0.4 is 4.72 Å². The molecule has 0 radical (unpaired) electrons. The number of alkyl halides is 1. The van der Waals surface area contributed by atoms with Gasteiger partial charge < -0.3 is 0 Å². The Kier molecular flexibility index (Phi) is 4.74. The van der Waals surface area contributed by atoms with Gasteiger partial charge in [-0.2, -0.15) is 5.10 Å². The van der Waals surface area contributed by atoms with E-state index in [1.165, 1.54) is 16.9 Å². The van der Waals surface area contributed by atoms with E-state index in [-0.39, 0.29) is 10.4 Å². The van der Waals surface area contributed by atoms with E-state index >= 15 is 0 Å². The zero-order valence-corrected chi connectivity index (χ0v) is 12.7. The molecule has 1 heterocycles. The van der Waals surface area contributed by atoms with Crippen LogP contribution in [0.25, 0.3) is 0 Å². The van der Waals surface area contributed by atoms with Gasteiger partial charge in [0.15, 0.2) is 5.03 Å².